The molecule has 2 rings (SSSR count). The first kappa shape index (κ1) is 17.7. The van der Waals surface area contributed by atoms with Crippen molar-refractivity contribution in [3.63, 3.8) is 0 Å². The summed E-state index contributed by atoms with van der Waals surface area (Å²) in [5.41, 5.74) is 0.672. The van der Waals surface area contributed by atoms with Crippen molar-refractivity contribution in [3.8, 4) is 0 Å². The third-order valence-electron chi connectivity index (χ3n) is 3.93. The molecule has 0 aliphatic carbocycles. The molecule has 1 atom stereocenters. The topological polar surface area (TPSA) is 69.6 Å². The van der Waals surface area contributed by atoms with Gasteiger partial charge < -0.3 is 5.11 Å². The maximum atomic E-state index is 12.1. The number of benzene rings is 1. The first-order valence-corrected chi connectivity index (χ1v) is 9.60. The molecule has 1 aliphatic rings. The van der Waals surface area contributed by atoms with Crippen molar-refractivity contribution >= 4 is 21.6 Å². The number of aliphatic hydroxyl groups is 1. The van der Waals surface area contributed by atoms with Gasteiger partial charge >= 0.3 is 0 Å². The van der Waals surface area contributed by atoms with Gasteiger partial charge in [0.05, 0.1) is 12.4 Å². The van der Waals surface area contributed by atoms with E-state index in [2.05, 4.69) is 9.62 Å². The first-order valence-electron chi connectivity index (χ1n) is 7.57. The highest BCUT2D eigenvalue weighted by Crippen LogP contribution is 2.16. The van der Waals surface area contributed by atoms with E-state index in [0.29, 0.717) is 23.7 Å². The Morgan fingerprint density at radius 2 is 2.18 bits per heavy atom. The molecule has 1 aromatic rings. The van der Waals surface area contributed by atoms with Gasteiger partial charge in [-0.15, -0.1) is 0 Å². The second-order valence-corrected chi connectivity index (χ2v) is 7.89. The third kappa shape index (κ3) is 5.52. The van der Waals surface area contributed by atoms with Crippen LogP contribution < -0.4 is 4.72 Å². The van der Waals surface area contributed by atoms with Crippen molar-refractivity contribution in [2.75, 3.05) is 26.2 Å². The van der Waals surface area contributed by atoms with E-state index in [1.165, 1.54) is 0 Å². The Morgan fingerprint density at radius 1 is 1.36 bits per heavy atom. The lowest BCUT2D eigenvalue weighted by atomic mass is 10.0. The number of nitrogens with zero attached hydrogens (tertiary/aromatic N) is 1. The second-order valence-electron chi connectivity index (χ2n) is 5.65. The van der Waals surface area contributed by atoms with Crippen LogP contribution >= 0.6 is 11.6 Å². The van der Waals surface area contributed by atoms with Gasteiger partial charge in [-0.3, -0.25) is 4.90 Å². The minimum Gasteiger partial charge on any atom is -0.395 e. The number of nitrogens with one attached hydrogen (secondary N) is 1. The normalized spacial score (nSPS) is 20.2. The number of hydrogen-bond donors (Lipinski definition) is 2. The van der Waals surface area contributed by atoms with Crippen LogP contribution in [0.1, 0.15) is 24.8 Å². The van der Waals surface area contributed by atoms with Crippen molar-refractivity contribution in [3.05, 3.63) is 34.9 Å². The SMILES string of the molecule is O=S(=O)(Cc1cccc(Cl)c1)NCCN1CCCC[C@@H]1CO. The van der Waals surface area contributed by atoms with Crippen LogP contribution in [-0.2, 0) is 15.8 Å². The largest absolute Gasteiger partial charge is 0.395 e. The number of hydrogen-bond acceptors (Lipinski definition) is 4. The Balaban J connectivity index is 1.82. The van der Waals surface area contributed by atoms with E-state index in [1.54, 1.807) is 24.3 Å². The Morgan fingerprint density at radius 3 is 2.91 bits per heavy atom. The van der Waals surface area contributed by atoms with E-state index < -0.39 is 10.0 Å². The van der Waals surface area contributed by atoms with Gasteiger partial charge in [-0.25, -0.2) is 13.1 Å². The molecule has 0 aromatic heterocycles. The van der Waals surface area contributed by atoms with Crippen LogP contribution in [0.15, 0.2) is 24.3 Å². The summed E-state index contributed by atoms with van der Waals surface area (Å²) in [4.78, 5) is 2.16. The Labute approximate surface area is 137 Å². The summed E-state index contributed by atoms with van der Waals surface area (Å²) in [7, 11) is -3.37. The number of piperidine rings is 1. The maximum absolute atomic E-state index is 12.1. The molecule has 2 N–H and O–H groups in total. The zero-order valence-electron chi connectivity index (χ0n) is 12.5. The standard InChI is InChI=1S/C15H23ClN2O3S/c16-14-5-3-4-13(10-14)12-22(20,21)17-7-9-18-8-2-1-6-15(18)11-19/h3-5,10,15,17,19H,1-2,6-9,11-12H2/t15-/m1/s1. The predicted octanol–water partition coefficient (Wildman–Crippen LogP) is 1.61. The molecule has 0 spiro atoms. The molecule has 124 valence electrons. The minimum atomic E-state index is -3.37. The molecule has 0 saturated carbocycles. The molecule has 5 nitrogen and oxygen atoms in total. The minimum absolute atomic E-state index is 0.0724. The average Bonchev–Trinajstić information content (AvgIpc) is 2.47. The van der Waals surface area contributed by atoms with E-state index in [0.717, 1.165) is 25.8 Å². The van der Waals surface area contributed by atoms with Crippen LogP contribution in [0.4, 0.5) is 0 Å². The van der Waals surface area contributed by atoms with Crippen molar-refractivity contribution in [2.45, 2.75) is 31.1 Å². The number of likely N-dealkylation sites (tertiary alicyclic amines) is 1. The fourth-order valence-corrected chi connectivity index (χ4v) is 4.14. The van der Waals surface area contributed by atoms with E-state index in [9.17, 15) is 13.5 Å². The second kappa shape index (κ2) is 8.26. The number of aliphatic hydroxyl groups excluding tert-OH is 1. The lowest BCUT2D eigenvalue weighted by Gasteiger charge is -2.34. The first-order chi connectivity index (χ1) is 10.5. The zero-order valence-corrected chi connectivity index (χ0v) is 14.1. The summed E-state index contributed by atoms with van der Waals surface area (Å²) >= 11 is 5.87. The smallest absolute Gasteiger partial charge is 0.215 e. The highest BCUT2D eigenvalue weighted by molar-refractivity contribution is 7.88. The summed E-state index contributed by atoms with van der Waals surface area (Å²) in [6, 6.07) is 7.03. The molecular formula is C15H23ClN2O3S. The molecule has 1 heterocycles. The van der Waals surface area contributed by atoms with Crippen LogP contribution in [-0.4, -0.2) is 50.7 Å². The maximum Gasteiger partial charge on any atom is 0.215 e. The van der Waals surface area contributed by atoms with Crippen LogP contribution in [0.5, 0.6) is 0 Å². The van der Waals surface area contributed by atoms with Gasteiger partial charge in [0.25, 0.3) is 0 Å². The summed E-state index contributed by atoms with van der Waals surface area (Å²) in [5, 5.41) is 9.88. The highest BCUT2D eigenvalue weighted by Gasteiger charge is 2.21. The van der Waals surface area contributed by atoms with Crippen molar-refractivity contribution in [1.82, 2.24) is 9.62 Å². The zero-order chi connectivity index (χ0) is 16.0. The molecule has 22 heavy (non-hydrogen) atoms. The monoisotopic (exact) mass is 346 g/mol. The number of rotatable bonds is 7. The third-order valence-corrected chi connectivity index (χ3v) is 5.52. The lowest BCUT2D eigenvalue weighted by Crippen LogP contribution is -2.45. The van der Waals surface area contributed by atoms with E-state index in [-0.39, 0.29) is 18.4 Å². The number of halogens is 1. The molecule has 1 aromatic carbocycles. The molecule has 0 unspecified atom stereocenters. The van der Waals surface area contributed by atoms with Gasteiger partial charge in [-0.2, -0.15) is 0 Å². The molecular weight excluding hydrogens is 324 g/mol. The average molecular weight is 347 g/mol. The predicted molar refractivity (Wildman–Crippen MR) is 88.4 cm³/mol. The Kier molecular flexibility index (Phi) is 6.65. The molecule has 1 fully saturated rings. The van der Waals surface area contributed by atoms with Crippen LogP contribution in [0, 0.1) is 0 Å². The van der Waals surface area contributed by atoms with Gasteiger partial charge in [-0.05, 0) is 37.1 Å². The highest BCUT2D eigenvalue weighted by atomic mass is 35.5. The fraction of sp³-hybridized carbons (Fsp3) is 0.600. The number of sulfonamides is 1. The van der Waals surface area contributed by atoms with Gasteiger partial charge in [0.1, 0.15) is 0 Å². The van der Waals surface area contributed by atoms with Crippen molar-refractivity contribution in [1.29, 1.82) is 0 Å². The molecule has 0 bridgehead atoms. The van der Waals surface area contributed by atoms with E-state index in [4.69, 9.17) is 11.6 Å². The van der Waals surface area contributed by atoms with Crippen molar-refractivity contribution in [2.24, 2.45) is 0 Å². The quantitative estimate of drug-likeness (QED) is 0.787. The van der Waals surface area contributed by atoms with Crippen LogP contribution in [0.2, 0.25) is 5.02 Å². The van der Waals surface area contributed by atoms with E-state index in [1.807, 2.05) is 0 Å². The summed E-state index contributed by atoms with van der Waals surface area (Å²) in [6.45, 7) is 2.04. The molecule has 0 amide bonds. The summed E-state index contributed by atoms with van der Waals surface area (Å²) in [5.74, 6) is -0.0724. The summed E-state index contributed by atoms with van der Waals surface area (Å²) < 4.78 is 26.8. The van der Waals surface area contributed by atoms with Gasteiger partial charge in [0.15, 0.2) is 0 Å². The fourth-order valence-electron chi connectivity index (χ4n) is 2.80. The Hall–Kier alpha value is -0.660. The van der Waals surface area contributed by atoms with Gasteiger partial charge in [0, 0.05) is 24.2 Å². The molecule has 0 radical (unpaired) electrons. The van der Waals surface area contributed by atoms with Gasteiger partial charge in [0.2, 0.25) is 10.0 Å². The van der Waals surface area contributed by atoms with Crippen molar-refractivity contribution < 1.29 is 13.5 Å². The van der Waals surface area contributed by atoms with E-state index >= 15 is 0 Å². The Bertz CT molecular complexity index is 580. The summed E-state index contributed by atoms with van der Waals surface area (Å²) in [6.07, 6.45) is 3.21. The molecule has 1 saturated heterocycles. The lowest BCUT2D eigenvalue weighted by molar-refractivity contribution is 0.0923. The molecule has 1 aliphatic heterocycles. The van der Waals surface area contributed by atoms with Crippen LogP contribution in [0.25, 0.3) is 0 Å². The van der Waals surface area contributed by atoms with Crippen LogP contribution in [0.3, 0.4) is 0 Å². The van der Waals surface area contributed by atoms with Gasteiger partial charge in [-0.1, -0.05) is 30.2 Å². The molecule has 7 heteroatoms.